The van der Waals surface area contributed by atoms with Crippen molar-refractivity contribution in [3.63, 3.8) is 0 Å². The zero-order valence-electron chi connectivity index (χ0n) is 14.5. The highest BCUT2D eigenvalue weighted by atomic mass is 32.1. The molecule has 1 aromatic heterocycles. The van der Waals surface area contributed by atoms with Gasteiger partial charge in [-0.3, -0.25) is 5.10 Å². The molecule has 0 aliphatic heterocycles. The number of H-pyrrole nitrogens is 1. The van der Waals surface area contributed by atoms with Crippen LogP contribution in [0, 0.1) is 11.7 Å². The average molecular weight is 354 g/mol. The molecule has 0 saturated heterocycles. The molecule has 1 heterocycles. The number of benzene rings is 2. The van der Waals surface area contributed by atoms with Gasteiger partial charge in [0.1, 0.15) is 12.4 Å². The molecule has 3 rings (SSSR count). The minimum atomic E-state index is 0.573. The molecule has 0 amide bonds. The van der Waals surface area contributed by atoms with Crippen molar-refractivity contribution in [2.75, 3.05) is 5.43 Å². The number of hydrogen-bond donors (Lipinski definition) is 2. The van der Waals surface area contributed by atoms with Crippen molar-refractivity contribution in [3.05, 3.63) is 75.8 Å². The molecule has 6 heteroatoms. The Balaban J connectivity index is 1.57. The molecule has 0 aliphatic carbocycles. The van der Waals surface area contributed by atoms with Gasteiger partial charge in [0.25, 0.3) is 0 Å². The van der Waals surface area contributed by atoms with E-state index in [1.54, 1.807) is 0 Å². The average Bonchev–Trinajstić information content (AvgIpc) is 2.99. The van der Waals surface area contributed by atoms with E-state index >= 15 is 0 Å². The molecule has 130 valence electrons. The van der Waals surface area contributed by atoms with Crippen LogP contribution in [0.1, 0.15) is 29.4 Å². The molecule has 0 spiro atoms. The predicted octanol–water partition coefficient (Wildman–Crippen LogP) is 4.13. The Labute approximate surface area is 152 Å². The van der Waals surface area contributed by atoms with Gasteiger partial charge in [0.15, 0.2) is 5.82 Å². The molecular formula is C19H22N4OS. The molecule has 2 aromatic carbocycles. The van der Waals surface area contributed by atoms with Gasteiger partial charge in [0, 0.05) is 6.42 Å². The summed E-state index contributed by atoms with van der Waals surface area (Å²) in [6.45, 7) is 5.37. The van der Waals surface area contributed by atoms with Crippen LogP contribution in [0.2, 0.25) is 0 Å². The molecular weight excluding hydrogens is 332 g/mol. The third-order valence-corrected chi connectivity index (χ3v) is 4.18. The lowest BCUT2D eigenvalue weighted by Crippen LogP contribution is -2.17. The fourth-order valence-corrected chi connectivity index (χ4v) is 2.79. The van der Waals surface area contributed by atoms with Gasteiger partial charge in [-0.15, -0.1) is 0 Å². The van der Waals surface area contributed by atoms with Crippen LogP contribution in [0.25, 0.3) is 0 Å². The highest BCUT2D eigenvalue weighted by Crippen LogP contribution is 2.15. The summed E-state index contributed by atoms with van der Waals surface area (Å²) in [4.78, 5) is 0. The van der Waals surface area contributed by atoms with Crippen molar-refractivity contribution >= 4 is 12.2 Å². The zero-order valence-corrected chi connectivity index (χ0v) is 15.3. The van der Waals surface area contributed by atoms with E-state index in [0.717, 1.165) is 23.6 Å². The van der Waals surface area contributed by atoms with Crippen LogP contribution < -0.4 is 10.2 Å². The second kappa shape index (κ2) is 7.98. The highest BCUT2D eigenvalue weighted by molar-refractivity contribution is 7.71. The third-order valence-electron chi connectivity index (χ3n) is 3.91. The summed E-state index contributed by atoms with van der Waals surface area (Å²) in [6, 6.07) is 16.4. The molecule has 25 heavy (non-hydrogen) atoms. The predicted molar refractivity (Wildman–Crippen MR) is 102 cm³/mol. The van der Waals surface area contributed by atoms with Crippen LogP contribution in [0.5, 0.6) is 5.75 Å². The lowest BCUT2D eigenvalue weighted by atomic mass is 10.1. The lowest BCUT2D eigenvalue weighted by molar-refractivity contribution is 0.306. The van der Waals surface area contributed by atoms with Crippen molar-refractivity contribution in [1.82, 2.24) is 14.9 Å². The molecule has 0 atom stereocenters. The topological polar surface area (TPSA) is 54.9 Å². The van der Waals surface area contributed by atoms with Crippen molar-refractivity contribution in [2.24, 2.45) is 0 Å². The first kappa shape index (κ1) is 17.2. The maximum absolute atomic E-state index is 5.85. The summed E-state index contributed by atoms with van der Waals surface area (Å²) in [7, 11) is 0. The number of aryl methyl sites for hydroxylation is 2. The number of ether oxygens (including phenoxy) is 1. The van der Waals surface area contributed by atoms with E-state index in [1.165, 1.54) is 11.1 Å². The number of nitrogens with zero attached hydrogens (tertiary/aromatic N) is 2. The second-order valence-corrected chi connectivity index (χ2v) is 6.28. The first-order valence-corrected chi connectivity index (χ1v) is 8.74. The molecule has 2 N–H and O–H groups in total. The van der Waals surface area contributed by atoms with Crippen molar-refractivity contribution < 1.29 is 4.74 Å². The SMILES string of the molecule is CCc1n[nH]c(=S)n1NCc1ccc(OCc2cccc(C)c2)cc1. The van der Waals surface area contributed by atoms with Crippen LogP contribution in [0.15, 0.2) is 48.5 Å². The Morgan fingerprint density at radius 3 is 2.68 bits per heavy atom. The quantitative estimate of drug-likeness (QED) is 0.626. The summed E-state index contributed by atoms with van der Waals surface area (Å²) >= 11 is 5.23. The van der Waals surface area contributed by atoms with Gasteiger partial charge in [0.05, 0.1) is 6.54 Å². The maximum atomic E-state index is 5.85. The summed E-state index contributed by atoms with van der Waals surface area (Å²) in [6.07, 6.45) is 0.811. The van der Waals surface area contributed by atoms with Gasteiger partial charge in [-0.2, -0.15) is 5.10 Å². The van der Waals surface area contributed by atoms with Crippen LogP contribution >= 0.6 is 12.2 Å². The van der Waals surface area contributed by atoms with Gasteiger partial charge in [0.2, 0.25) is 4.77 Å². The molecule has 5 nitrogen and oxygen atoms in total. The highest BCUT2D eigenvalue weighted by Gasteiger charge is 2.03. The van der Waals surface area contributed by atoms with Crippen LogP contribution in [-0.4, -0.2) is 14.9 Å². The van der Waals surface area contributed by atoms with E-state index in [4.69, 9.17) is 17.0 Å². The summed E-state index contributed by atoms with van der Waals surface area (Å²) < 4.78 is 8.25. The van der Waals surface area contributed by atoms with Gasteiger partial charge in [-0.05, 0) is 42.4 Å². The number of hydrogen-bond acceptors (Lipinski definition) is 4. The fourth-order valence-electron chi connectivity index (χ4n) is 2.57. The summed E-state index contributed by atoms with van der Waals surface area (Å²) in [5.41, 5.74) is 6.85. The lowest BCUT2D eigenvalue weighted by Gasteiger charge is -2.10. The number of nitrogens with one attached hydrogen (secondary N) is 2. The Morgan fingerprint density at radius 1 is 1.16 bits per heavy atom. The minimum Gasteiger partial charge on any atom is -0.489 e. The molecule has 0 unspecified atom stereocenters. The Bertz CT molecular complexity index is 883. The van der Waals surface area contributed by atoms with Gasteiger partial charge in [-0.25, -0.2) is 4.68 Å². The standard InChI is InChI=1S/C19H22N4OS/c1-3-18-21-22-19(25)23(18)20-12-15-7-9-17(10-8-15)24-13-16-6-4-5-14(2)11-16/h4-11,20H,3,12-13H2,1-2H3,(H,22,25). The number of aromatic nitrogens is 3. The third kappa shape index (κ3) is 4.48. The van der Waals surface area contributed by atoms with Crippen molar-refractivity contribution in [3.8, 4) is 5.75 Å². The van der Waals surface area contributed by atoms with Gasteiger partial charge < -0.3 is 10.2 Å². The van der Waals surface area contributed by atoms with E-state index in [-0.39, 0.29) is 0 Å². The smallest absolute Gasteiger partial charge is 0.214 e. The van der Waals surface area contributed by atoms with Crippen LogP contribution in [-0.2, 0) is 19.6 Å². The number of aromatic amines is 1. The first-order chi connectivity index (χ1) is 12.2. The summed E-state index contributed by atoms with van der Waals surface area (Å²) in [5, 5.41) is 6.99. The molecule has 0 radical (unpaired) electrons. The minimum absolute atomic E-state index is 0.573. The molecule has 0 saturated carbocycles. The van der Waals surface area contributed by atoms with Gasteiger partial charge >= 0.3 is 0 Å². The first-order valence-electron chi connectivity index (χ1n) is 8.33. The summed E-state index contributed by atoms with van der Waals surface area (Å²) in [5.74, 6) is 1.75. The Morgan fingerprint density at radius 2 is 1.96 bits per heavy atom. The molecule has 0 aliphatic rings. The van der Waals surface area contributed by atoms with Crippen LogP contribution in [0.4, 0.5) is 0 Å². The fraction of sp³-hybridized carbons (Fsp3) is 0.263. The van der Waals surface area contributed by atoms with E-state index in [2.05, 4.69) is 40.7 Å². The normalized spacial score (nSPS) is 10.6. The van der Waals surface area contributed by atoms with Crippen molar-refractivity contribution in [2.45, 2.75) is 33.4 Å². The van der Waals surface area contributed by atoms with Gasteiger partial charge in [-0.1, -0.05) is 48.9 Å². The van der Waals surface area contributed by atoms with E-state index < -0.39 is 0 Å². The maximum Gasteiger partial charge on any atom is 0.214 e. The zero-order chi connectivity index (χ0) is 17.6. The Hall–Kier alpha value is -2.60. The van der Waals surface area contributed by atoms with E-state index in [9.17, 15) is 0 Å². The monoisotopic (exact) mass is 354 g/mol. The Kier molecular flexibility index (Phi) is 5.50. The second-order valence-electron chi connectivity index (χ2n) is 5.89. The van der Waals surface area contributed by atoms with E-state index in [1.807, 2.05) is 41.9 Å². The number of rotatable bonds is 7. The molecule has 0 fully saturated rings. The van der Waals surface area contributed by atoms with E-state index in [0.29, 0.717) is 17.9 Å². The van der Waals surface area contributed by atoms with Crippen LogP contribution in [0.3, 0.4) is 0 Å². The molecule has 0 bridgehead atoms. The largest absolute Gasteiger partial charge is 0.489 e. The van der Waals surface area contributed by atoms with Crippen molar-refractivity contribution in [1.29, 1.82) is 0 Å². The molecule has 3 aromatic rings.